The van der Waals surface area contributed by atoms with Gasteiger partial charge in [0, 0.05) is 5.56 Å². The van der Waals surface area contributed by atoms with Gasteiger partial charge in [0.25, 0.3) is 5.56 Å². The summed E-state index contributed by atoms with van der Waals surface area (Å²) in [5.41, 5.74) is 5.23. The van der Waals surface area contributed by atoms with Gasteiger partial charge in [-0.15, -0.1) is 0 Å². The smallest absolute Gasteiger partial charge is 0.262 e. The van der Waals surface area contributed by atoms with E-state index in [0.29, 0.717) is 27.6 Å². The van der Waals surface area contributed by atoms with Crippen LogP contribution in [-0.4, -0.2) is 24.1 Å². The van der Waals surface area contributed by atoms with Crippen LogP contribution in [0.2, 0.25) is 0 Å². The maximum atomic E-state index is 13.0. The average Bonchev–Trinajstić information content (AvgIpc) is 3.19. The van der Waals surface area contributed by atoms with Gasteiger partial charge in [-0.25, -0.2) is 14.5 Å². The number of nitrogens with zero attached hydrogens (tertiary/aromatic N) is 6. The predicted octanol–water partition coefficient (Wildman–Crippen LogP) is 4.54. The molecule has 7 nitrogen and oxygen atoms in total. The topological polar surface area (TPSA) is 88.9 Å². The Hall–Kier alpha value is -3.96. The normalized spacial score (nSPS) is 11.2. The van der Waals surface area contributed by atoms with Gasteiger partial charge in [0.1, 0.15) is 12.4 Å². The van der Waals surface area contributed by atoms with Crippen LogP contribution in [0.25, 0.3) is 27.7 Å². The Morgan fingerprint density at radius 3 is 2.58 bits per heavy atom. The summed E-state index contributed by atoms with van der Waals surface area (Å²) in [6.07, 6.45) is 0. The van der Waals surface area contributed by atoms with Gasteiger partial charge < -0.3 is 0 Å². The highest BCUT2D eigenvalue weighted by Crippen LogP contribution is 2.32. The van der Waals surface area contributed by atoms with Crippen molar-refractivity contribution in [2.24, 2.45) is 0 Å². The van der Waals surface area contributed by atoms with E-state index in [9.17, 15) is 10.1 Å². The Bertz CT molecular complexity index is 1600. The molecule has 0 spiro atoms. The minimum atomic E-state index is -0.208. The molecular weight excluding hydrogens is 432 g/mol. The Morgan fingerprint density at radius 2 is 1.79 bits per heavy atom. The lowest BCUT2D eigenvalue weighted by molar-refractivity contribution is 0.728. The third-order valence-corrected chi connectivity index (χ3v) is 6.35. The Kier molecular flexibility index (Phi) is 5.40. The molecule has 33 heavy (non-hydrogen) atoms. The monoisotopic (exact) mass is 452 g/mol. The Morgan fingerprint density at radius 1 is 1.03 bits per heavy atom. The number of rotatable bonds is 5. The van der Waals surface area contributed by atoms with Crippen LogP contribution in [0.5, 0.6) is 0 Å². The van der Waals surface area contributed by atoms with E-state index in [0.717, 1.165) is 28.0 Å². The number of para-hydroxylation sites is 1. The molecule has 0 N–H and O–H groups in total. The molecule has 162 valence electrons. The van der Waals surface area contributed by atoms with Crippen LogP contribution in [0, 0.1) is 25.2 Å². The summed E-state index contributed by atoms with van der Waals surface area (Å²) in [7, 11) is 0. The number of nitriles is 1. The summed E-state index contributed by atoms with van der Waals surface area (Å²) in [6, 6.07) is 21.4. The number of aromatic nitrogens is 5. The van der Waals surface area contributed by atoms with Crippen molar-refractivity contribution in [3.8, 4) is 17.3 Å². The molecule has 0 amide bonds. The van der Waals surface area contributed by atoms with Crippen molar-refractivity contribution in [3.05, 3.63) is 88.1 Å². The predicted molar refractivity (Wildman–Crippen MR) is 129 cm³/mol. The molecule has 0 aliphatic heterocycles. The third-order valence-electron chi connectivity index (χ3n) is 5.43. The van der Waals surface area contributed by atoms with Crippen LogP contribution in [0.1, 0.15) is 17.1 Å². The molecule has 2 aromatic carbocycles. The highest BCUT2D eigenvalue weighted by atomic mass is 32.2. The van der Waals surface area contributed by atoms with Crippen LogP contribution in [-0.2, 0) is 12.3 Å². The molecule has 3 heterocycles. The lowest BCUT2D eigenvalue weighted by atomic mass is 10.1. The zero-order chi connectivity index (χ0) is 22.9. The summed E-state index contributed by atoms with van der Waals surface area (Å²) in [5.74, 6) is 0.914. The molecule has 0 saturated heterocycles. The number of hydrogen-bond acceptors (Lipinski definition) is 6. The second-order valence-electron chi connectivity index (χ2n) is 7.72. The van der Waals surface area contributed by atoms with Crippen molar-refractivity contribution in [2.45, 2.75) is 31.3 Å². The highest BCUT2D eigenvalue weighted by Gasteiger charge is 2.18. The van der Waals surface area contributed by atoms with Crippen LogP contribution in [0.3, 0.4) is 0 Å². The summed E-state index contributed by atoms with van der Waals surface area (Å²) < 4.78 is 3.30. The number of hydrogen-bond donors (Lipinski definition) is 0. The molecule has 0 unspecified atom stereocenters. The first-order chi connectivity index (χ1) is 16.1. The van der Waals surface area contributed by atoms with E-state index in [1.54, 1.807) is 12.1 Å². The molecule has 0 aliphatic carbocycles. The van der Waals surface area contributed by atoms with E-state index >= 15 is 0 Å². The first-order valence-electron chi connectivity index (χ1n) is 10.5. The standard InChI is InChI=1S/C25H20N6OS/c1-16-14-17(2)29-31-23(16)22(18-8-4-3-5-9-18)28-25(31)33-15-21-27-20-11-7-6-10-19(20)24(32)30(21)13-12-26/h3-11,14H,13,15H2,1-2H3. The van der Waals surface area contributed by atoms with Crippen LogP contribution in [0.15, 0.2) is 70.6 Å². The van der Waals surface area contributed by atoms with Crippen molar-refractivity contribution in [1.29, 1.82) is 5.26 Å². The van der Waals surface area contributed by atoms with E-state index < -0.39 is 0 Å². The minimum absolute atomic E-state index is 0.0549. The van der Waals surface area contributed by atoms with Gasteiger partial charge in [-0.2, -0.15) is 10.4 Å². The van der Waals surface area contributed by atoms with Crippen molar-refractivity contribution >= 4 is 28.2 Å². The minimum Gasteiger partial charge on any atom is -0.281 e. The molecule has 5 aromatic rings. The molecular formula is C25H20N6OS. The van der Waals surface area contributed by atoms with Crippen LogP contribution in [0.4, 0.5) is 0 Å². The molecule has 3 aromatic heterocycles. The number of aryl methyl sites for hydroxylation is 2. The second-order valence-corrected chi connectivity index (χ2v) is 8.66. The summed E-state index contributed by atoms with van der Waals surface area (Å²) in [5, 5.41) is 15.2. The lowest BCUT2D eigenvalue weighted by Crippen LogP contribution is -2.24. The van der Waals surface area contributed by atoms with Crippen molar-refractivity contribution in [2.75, 3.05) is 0 Å². The number of imidazole rings is 1. The zero-order valence-corrected chi connectivity index (χ0v) is 19.0. The fourth-order valence-corrected chi connectivity index (χ4v) is 4.87. The van der Waals surface area contributed by atoms with E-state index in [4.69, 9.17) is 10.1 Å². The summed E-state index contributed by atoms with van der Waals surface area (Å²) >= 11 is 1.45. The van der Waals surface area contributed by atoms with Crippen LogP contribution < -0.4 is 5.56 Å². The van der Waals surface area contributed by atoms with Gasteiger partial charge in [0.15, 0.2) is 5.16 Å². The molecule has 5 rings (SSSR count). The molecule has 8 heteroatoms. The Balaban J connectivity index is 1.61. The largest absolute Gasteiger partial charge is 0.281 e. The number of benzene rings is 2. The maximum Gasteiger partial charge on any atom is 0.262 e. The van der Waals surface area contributed by atoms with Gasteiger partial charge in [0.2, 0.25) is 0 Å². The fourth-order valence-electron chi connectivity index (χ4n) is 3.98. The molecule has 0 saturated carbocycles. The molecule has 0 fully saturated rings. The first kappa shape index (κ1) is 20.9. The zero-order valence-electron chi connectivity index (χ0n) is 18.2. The van der Waals surface area contributed by atoms with Crippen molar-refractivity contribution < 1.29 is 0 Å². The third kappa shape index (κ3) is 3.77. The number of thioether (sulfide) groups is 1. The Labute approximate surface area is 194 Å². The molecule has 0 bridgehead atoms. The molecule has 0 radical (unpaired) electrons. The van der Waals surface area contributed by atoms with E-state index in [1.165, 1.54) is 16.3 Å². The van der Waals surface area contributed by atoms with E-state index in [1.807, 2.05) is 60.0 Å². The fraction of sp³-hybridized carbons (Fsp3) is 0.160. The van der Waals surface area contributed by atoms with Gasteiger partial charge >= 0.3 is 0 Å². The first-order valence-corrected chi connectivity index (χ1v) is 11.5. The van der Waals surface area contributed by atoms with Crippen molar-refractivity contribution in [3.63, 3.8) is 0 Å². The van der Waals surface area contributed by atoms with Gasteiger partial charge in [-0.1, -0.05) is 54.2 Å². The van der Waals surface area contributed by atoms with E-state index in [2.05, 4.69) is 18.0 Å². The number of fused-ring (bicyclic) bond motifs is 2. The quantitative estimate of drug-likeness (QED) is 0.364. The van der Waals surface area contributed by atoms with Gasteiger partial charge in [0.05, 0.1) is 39.6 Å². The van der Waals surface area contributed by atoms with Crippen LogP contribution >= 0.6 is 11.8 Å². The van der Waals surface area contributed by atoms with Gasteiger partial charge in [-0.05, 0) is 37.6 Å². The average molecular weight is 453 g/mol. The van der Waals surface area contributed by atoms with Gasteiger partial charge in [-0.3, -0.25) is 9.36 Å². The SMILES string of the molecule is Cc1cc(C)c2c(-c3ccccc3)nc(SCc3nc4ccccc4c(=O)n3CC#N)n2n1. The van der Waals surface area contributed by atoms with Crippen molar-refractivity contribution in [1.82, 2.24) is 24.1 Å². The maximum absolute atomic E-state index is 13.0. The second kappa shape index (κ2) is 8.52. The summed E-state index contributed by atoms with van der Waals surface area (Å²) in [6.45, 7) is 3.96. The highest BCUT2D eigenvalue weighted by molar-refractivity contribution is 7.98. The summed E-state index contributed by atoms with van der Waals surface area (Å²) in [4.78, 5) is 22.6. The van der Waals surface area contributed by atoms with E-state index in [-0.39, 0.29) is 12.1 Å². The lowest BCUT2D eigenvalue weighted by Gasteiger charge is -2.10. The molecule has 0 aliphatic rings. The molecule has 0 atom stereocenters.